The van der Waals surface area contributed by atoms with Gasteiger partial charge in [0.2, 0.25) is 0 Å². The first kappa shape index (κ1) is 40.9. The van der Waals surface area contributed by atoms with E-state index < -0.39 is 23.9 Å². The third-order valence-electron chi connectivity index (χ3n) is 10.3. The standard InChI is InChI=1S/C34H42N4.2C4H4O4/c1-22-10-12-24(13-11-22)25-14-16-26(17-15-25)33-28-8-5-9-29(35)32(28)34(38-33)27-18-19-31(30(36)20-27)37-21-23-6-3-2-4-7-23;2*5-3(6)1-2-4(7)8/h2-9,18-20,22,24-26,33,37H,10-17,21,35-36H2,1H3;2*1-2H,(H,5,6)(H,7,8)/p+2/b;2*2-1-. The summed E-state index contributed by atoms with van der Waals surface area (Å²) in [5.74, 6) is -1.06. The summed E-state index contributed by atoms with van der Waals surface area (Å²) < 4.78 is 0. The van der Waals surface area contributed by atoms with E-state index in [4.69, 9.17) is 36.9 Å². The van der Waals surface area contributed by atoms with Crippen molar-refractivity contribution in [2.45, 2.75) is 70.9 Å². The number of nitrogens with zero attached hydrogens (tertiary/aromatic N) is 1. The van der Waals surface area contributed by atoms with E-state index in [0.717, 1.165) is 58.2 Å². The zero-order chi connectivity index (χ0) is 39.2. The van der Waals surface area contributed by atoms with Crippen molar-refractivity contribution >= 4 is 46.7 Å². The van der Waals surface area contributed by atoms with Crippen LogP contribution < -0.4 is 16.8 Å². The van der Waals surface area contributed by atoms with Crippen molar-refractivity contribution in [1.82, 2.24) is 0 Å². The van der Waals surface area contributed by atoms with Gasteiger partial charge in [-0.1, -0.05) is 68.3 Å². The van der Waals surface area contributed by atoms with Crippen LogP contribution in [0.3, 0.4) is 0 Å². The topological polar surface area (TPSA) is 231 Å². The van der Waals surface area contributed by atoms with Crippen LogP contribution in [-0.4, -0.2) is 50.0 Å². The van der Waals surface area contributed by atoms with Gasteiger partial charge in [0, 0.05) is 45.1 Å². The van der Waals surface area contributed by atoms with E-state index in [9.17, 15) is 19.2 Å². The van der Waals surface area contributed by atoms with Crippen LogP contribution in [0.15, 0.2) is 96.0 Å². The molecule has 11 N–H and O–H groups in total. The minimum Gasteiger partial charge on any atom is -0.561 e. The van der Waals surface area contributed by atoms with Crippen LogP contribution >= 0.6 is 0 Å². The smallest absolute Gasteiger partial charge is 0.542 e. The molecule has 0 spiro atoms. The number of carbonyl (C=O) groups is 4. The van der Waals surface area contributed by atoms with Gasteiger partial charge in [-0.05, 0) is 91.5 Å². The van der Waals surface area contributed by atoms with Gasteiger partial charge in [0.15, 0.2) is 0 Å². The maximum Gasteiger partial charge on any atom is 0.542 e. The maximum atomic E-state index is 9.66. The van der Waals surface area contributed by atoms with Crippen molar-refractivity contribution < 1.29 is 39.6 Å². The van der Waals surface area contributed by atoms with Crippen molar-refractivity contribution in [3.05, 3.63) is 113 Å². The van der Waals surface area contributed by atoms with Crippen molar-refractivity contribution in [3.63, 3.8) is 0 Å². The van der Waals surface area contributed by atoms with Gasteiger partial charge in [-0.2, -0.15) is 0 Å². The summed E-state index contributed by atoms with van der Waals surface area (Å²) in [5, 5.41) is 31.5. The van der Waals surface area contributed by atoms with Crippen molar-refractivity contribution in [1.29, 1.82) is 0 Å². The SMILES string of the molecule is CC1CCC(C2CCC(C3N=C(c4ccc(NCc5ccccc5)c(N)c4)c4c(N)cccc43)CC2)CC1.O=C(O)/C=C\C(=O)[OH2+].O=C(O)/C=C\C(=O)[OH2+]. The zero-order valence-corrected chi connectivity index (χ0v) is 30.5. The van der Waals surface area contributed by atoms with Gasteiger partial charge in [-0.25, -0.2) is 9.59 Å². The molecule has 6 rings (SSSR count). The maximum absolute atomic E-state index is 9.66. The Morgan fingerprint density at radius 1 is 0.722 bits per heavy atom. The highest BCUT2D eigenvalue weighted by Gasteiger charge is 2.37. The molecule has 2 saturated carbocycles. The van der Waals surface area contributed by atoms with E-state index in [1.54, 1.807) is 0 Å². The molecular weight excluding hydrogens is 688 g/mol. The van der Waals surface area contributed by atoms with Gasteiger partial charge >= 0.3 is 23.9 Å². The van der Waals surface area contributed by atoms with Gasteiger partial charge < -0.3 is 37.2 Å². The Bertz CT molecular complexity index is 1790. The van der Waals surface area contributed by atoms with Crippen LogP contribution in [0, 0.1) is 23.7 Å². The van der Waals surface area contributed by atoms with Crippen LogP contribution in [0.25, 0.3) is 0 Å². The summed E-state index contributed by atoms with van der Waals surface area (Å²) in [6.45, 7) is 3.17. The summed E-state index contributed by atoms with van der Waals surface area (Å²) in [6.07, 6.45) is 13.6. The lowest BCUT2D eigenvalue weighted by Gasteiger charge is -2.38. The Hall–Kier alpha value is -5.91. The van der Waals surface area contributed by atoms with Crippen molar-refractivity contribution in [2.24, 2.45) is 28.7 Å². The molecule has 12 nitrogen and oxygen atoms in total. The largest absolute Gasteiger partial charge is 0.561 e. The molecular formula is C42H52N4O8+2. The second-order valence-electron chi connectivity index (χ2n) is 14.1. The van der Waals surface area contributed by atoms with E-state index in [0.29, 0.717) is 30.2 Å². The van der Waals surface area contributed by atoms with Gasteiger partial charge in [0.1, 0.15) is 0 Å². The number of carbonyl (C=O) groups excluding carboxylic acids is 2. The lowest BCUT2D eigenvalue weighted by atomic mass is 9.68. The normalized spacial score (nSPS) is 21.8. The number of nitrogens with one attached hydrogen (secondary N) is 1. The number of carboxylic acids is 2. The summed E-state index contributed by atoms with van der Waals surface area (Å²) in [7, 11) is 0. The molecule has 1 unspecified atom stereocenters. The highest BCUT2D eigenvalue weighted by Crippen LogP contribution is 2.48. The van der Waals surface area contributed by atoms with Crippen LogP contribution in [0.4, 0.5) is 17.1 Å². The number of aliphatic imine (C=N–C) groups is 1. The molecule has 0 aromatic heterocycles. The number of benzene rings is 3. The van der Waals surface area contributed by atoms with Crippen molar-refractivity contribution in [2.75, 3.05) is 16.8 Å². The van der Waals surface area contributed by atoms with E-state index >= 15 is 0 Å². The molecule has 286 valence electrons. The Morgan fingerprint density at radius 3 is 1.80 bits per heavy atom. The van der Waals surface area contributed by atoms with E-state index in [-0.39, 0.29) is 6.04 Å². The molecule has 0 amide bonds. The Balaban J connectivity index is 0.000000341. The van der Waals surface area contributed by atoms with Crippen LogP contribution in [0.5, 0.6) is 0 Å². The number of anilines is 3. The fraction of sp³-hybridized carbons (Fsp3) is 0.357. The van der Waals surface area contributed by atoms with Gasteiger partial charge in [0.05, 0.1) is 35.3 Å². The second-order valence-corrected chi connectivity index (χ2v) is 14.1. The lowest BCUT2D eigenvalue weighted by molar-refractivity contribution is -0.134. The summed E-state index contributed by atoms with van der Waals surface area (Å²) in [4.78, 5) is 43.9. The van der Waals surface area contributed by atoms with Crippen LogP contribution in [-0.2, 0) is 25.7 Å². The van der Waals surface area contributed by atoms with E-state index in [1.807, 2.05) is 12.1 Å². The number of carboxylic acid groups (broad SMARTS) is 2. The Kier molecular flexibility index (Phi) is 15.0. The molecule has 1 heterocycles. The van der Waals surface area contributed by atoms with Crippen molar-refractivity contribution in [3.8, 4) is 0 Å². The number of nitrogens with two attached hydrogens (primary N) is 2. The molecule has 2 aliphatic carbocycles. The second kappa shape index (κ2) is 19.8. The van der Waals surface area contributed by atoms with E-state index in [2.05, 4.69) is 66.8 Å². The minimum absolute atomic E-state index is 0.202. The van der Waals surface area contributed by atoms with Gasteiger partial charge in [-0.15, -0.1) is 0 Å². The first-order valence-corrected chi connectivity index (χ1v) is 18.3. The van der Waals surface area contributed by atoms with Crippen LogP contribution in [0.1, 0.15) is 86.6 Å². The quantitative estimate of drug-likeness (QED) is 0.0967. The molecule has 1 atom stereocenters. The number of hydrogen-bond acceptors (Lipinski definition) is 8. The third-order valence-corrected chi connectivity index (χ3v) is 10.3. The van der Waals surface area contributed by atoms with Gasteiger partial charge in [-0.3, -0.25) is 4.99 Å². The molecule has 0 saturated heterocycles. The highest BCUT2D eigenvalue weighted by atomic mass is 16.4. The molecule has 3 aliphatic rings. The number of fused-ring (bicyclic) bond motifs is 1. The molecule has 3 aromatic rings. The molecule has 54 heavy (non-hydrogen) atoms. The highest BCUT2D eigenvalue weighted by molar-refractivity contribution is 6.18. The monoisotopic (exact) mass is 740 g/mol. The van der Waals surface area contributed by atoms with E-state index in [1.165, 1.54) is 62.5 Å². The average molecular weight is 741 g/mol. The fourth-order valence-corrected chi connectivity index (χ4v) is 7.61. The molecule has 0 bridgehead atoms. The Labute approximate surface area is 315 Å². The zero-order valence-electron chi connectivity index (χ0n) is 30.5. The van der Waals surface area contributed by atoms with Crippen LogP contribution in [0.2, 0.25) is 0 Å². The third kappa shape index (κ3) is 12.1. The molecule has 3 aromatic carbocycles. The summed E-state index contributed by atoms with van der Waals surface area (Å²) >= 11 is 0. The van der Waals surface area contributed by atoms with Gasteiger partial charge in [0.25, 0.3) is 0 Å². The first-order valence-electron chi connectivity index (χ1n) is 18.3. The first-order chi connectivity index (χ1) is 25.8. The fourth-order valence-electron chi connectivity index (χ4n) is 7.61. The predicted octanol–water partition coefficient (Wildman–Crippen LogP) is 5.74. The molecule has 12 heteroatoms. The average Bonchev–Trinajstić information content (AvgIpc) is 3.55. The number of rotatable bonds is 10. The summed E-state index contributed by atoms with van der Waals surface area (Å²) in [6, 6.07) is 23.2. The predicted molar refractivity (Wildman–Crippen MR) is 211 cm³/mol. The molecule has 1 aliphatic heterocycles. The summed E-state index contributed by atoms with van der Waals surface area (Å²) in [5.41, 5.74) is 21.3. The Morgan fingerprint density at radius 2 is 1.28 bits per heavy atom. The number of aliphatic carboxylic acids is 2. The molecule has 2 fully saturated rings. The minimum atomic E-state index is -1.22. The molecule has 0 radical (unpaired) electrons. The number of nitrogen functional groups attached to an aromatic ring is 2. The lowest BCUT2D eigenvalue weighted by Crippen LogP contribution is -2.26. The number of hydrogen-bond donors (Lipinski definition) is 5.